The molecule has 0 saturated heterocycles. The van der Waals surface area contributed by atoms with Crippen molar-refractivity contribution in [2.75, 3.05) is 5.75 Å². The summed E-state index contributed by atoms with van der Waals surface area (Å²) in [6, 6.07) is 12.7. The Bertz CT molecular complexity index is 635. The average molecular weight is 309 g/mol. The van der Waals surface area contributed by atoms with E-state index in [0.717, 1.165) is 5.75 Å². The largest absolute Gasteiger partial charge is 0.271 e. The zero-order valence-electron chi connectivity index (χ0n) is 10.6. The summed E-state index contributed by atoms with van der Waals surface area (Å²) in [6.45, 7) is 0. The van der Waals surface area contributed by atoms with E-state index in [1.165, 1.54) is 16.5 Å². The smallest absolute Gasteiger partial charge is 0.129 e. The van der Waals surface area contributed by atoms with Crippen molar-refractivity contribution in [2.45, 2.75) is 16.9 Å². The van der Waals surface area contributed by atoms with Crippen LogP contribution in [0.5, 0.6) is 0 Å². The first-order chi connectivity index (χ1) is 9.70. The van der Waals surface area contributed by atoms with Gasteiger partial charge in [-0.3, -0.25) is 11.3 Å². The van der Waals surface area contributed by atoms with Crippen LogP contribution in [-0.4, -0.2) is 5.75 Å². The number of hydrogen-bond donors (Lipinski definition) is 2. The Balaban J connectivity index is 1.99. The maximum absolute atomic E-state index is 14.1. The molecule has 1 aliphatic heterocycles. The van der Waals surface area contributed by atoms with Crippen LogP contribution >= 0.6 is 23.4 Å². The first-order valence-electron chi connectivity index (χ1n) is 6.33. The Hall–Kier alpha value is -1.07. The lowest BCUT2D eigenvalue weighted by Crippen LogP contribution is -2.33. The Labute approximate surface area is 126 Å². The van der Waals surface area contributed by atoms with Crippen LogP contribution in [0, 0.1) is 5.82 Å². The molecule has 3 N–H and O–H groups in total. The van der Waals surface area contributed by atoms with E-state index in [1.807, 2.05) is 12.1 Å². The molecule has 2 unspecified atom stereocenters. The summed E-state index contributed by atoms with van der Waals surface area (Å²) in [5.74, 6) is 6.40. The van der Waals surface area contributed by atoms with Gasteiger partial charge in [-0.05, 0) is 23.8 Å². The third kappa shape index (κ3) is 2.44. The summed E-state index contributed by atoms with van der Waals surface area (Å²) < 4.78 is 14.1. The number of thioether (sulfide) groups is 1. The number of rotatable bonds is 3. The molecule has 2 aromatic rings. The van der Waals surface area contributed by atoms with E-state index in [2.05, 4.69) is 17.6 Å². The maximum Gasteiger partial charge on any atom is 0.129 e. The molecule has 0 aromatic heterocycles. The molecule has 2 aromatic carbocycles. The van der Waals surface area contributed by atoms with Gasteiger partial charge in [0.25, 0.3) is 0 Å². The third-order valence-electron chi connectivity index (χ3n) is 3.62. The number of nitrogens with two attached hydrogens (primary N) is 1. The molecule has 0 amide bonds. The molecule has 0 bridgehead atoms. The Morgan fingerprint density at radius 3 is 2.85 bits per heavy atom. The Kier molecular flexibility index (Phi) is 3.98. The van der Waals surface area contributed by atoms with Gasteiger partial charge in [0, 0.05) is 27.2 Å². The van der Waals surface area contributed by atoms with Gasteiger partial charge in [-0.2, -0.15) is 0 Å². The minimum absolute atomic E-state index is 0.150. The topological polar surface area (TPSA) is 38.0 Å². The summed E-state index contributed by atoms with van der Waals surface area (Å²) in [7, 11) is 0. The fourth-order valence-corrected chi connectivity index (χ4v) is 4.09. The first kappa shape index (κ1) is 13.9. The van der Waals surface area contributed by atoms with Crippen molar-refractivity contribution in [3.8, 4) is 0 Å². The second kappa shape index (κ2) is 5.74. The number of benzene rings is 2. The highest BCUT2D eigenvalue weighted by Gasteiger charge is 2.32. The molecule has 2 atom stereocenters. The van der Waals surface area contributed by atoms with Gasteiger partial charge >= 0.3 is 0 Å². The Morgan fingerprint density at radius 2 is 2.10 bits per heavy atom. The number of fused-ring (bicyclic) bond motifs is 1. The monoisotopic (exact) mass is 308 g/mol. The maximum atomic E-state index is 14.1. The molecular weight excluding hydrogens is 295 g/mol. The molecule has 104 valence electrons. The van der Waals surface area contributed by atoms with Gasteiger partial charge < -0.3 is 0 Å². The number of halogens is 2. The van der Waals surface area contributed by atoms with Crippen LogP contribution in [0.3, 0.4) is 0 Å². The van der Waals surface area contributed by atoms with Crippen LogP contribution in [0.1, 0.15) is 23.1 Å². The summed E-state index contributed by atoms with van der Waals surface area (Å²) in [6.07, 6.45) is 0. The highest BCUT2D eigenvalue weighted by molar-refractivity contribution is 7.99. The van der Waals surface area contributed by atoms with Gasteiger partial charge in [0.2, 0.25) is 0 Å². The van der Waals surface area contributed by atoms with Crippen LogP contribution in [0.25, 0.3) is 0 Å². The standard InChI is InChI=1S/C15H14ClFN2S/c16-9-5-6-11(13(17)7-9)15(19-18)12-8-20-14-4-2-1-3-10(12)14/h1-7,12,15,19H,8,18H2. The molecule has 0 saturated carbocycles. The lowest BCUT2D eigenvalue weighted by molar-refractivity contribution is 0.460. The SMILES string of the molecule is NNC(c1ccc(Cl)cc1F)C1CSc2ccccc21. The molecule has 0 aliphatic carbocycles. The molecule has 2 nitrogen and oxygen atoms in total. The molecular formula is C15H14ClFN2S. The van der Waals surface area contributed by atoms with Crippen molar-refractivity contribution in [3.63, 3.8) is 0 Å². The molecule has 20 heavy (non-hydrogen) atoms. The summed E-state index contributed by atoms with van der Waals surface area (Å²) in [5.41, 5.74) is 4.54. The van der Waals surface area contributed by atoms with E-state index in [9.17, 15) is 4.39 Å². The first-order valence-corrected chi connectivity index (χ1v) is 7.70. The van der Waals surface area contributed by atoms with E-state index < -0.39 is 0 Å². The van der Waals surface area contributed by atoms with E-state index in [0.29, 0.717) is 10.6 Å². The predicted molar refractivity (Wildman–Crippen MR) is 81.4 cm³/mol. The molecule has 0 spiro atoms. The molecule has 5 heteroatoms. The third-order valence-corrected chi connectivity index (χ3v) is 5.06. The fourth-order valence-electron chi connectivity index (χ4n) is 2.64. The van der Waals surface area contributed by atoms with Gasteiger partial charge in [-0.1, -0.05) is 35.9 Å². The van der Waals surface area contributed by atoms with Crippen LogP contribution in [0.15, 0.2) is 47.4 Å². The van der Waals surface area contributed by atoms with Crippen LogP contribution in [0.4, 0.5) is 4.39 Å². The number of nitrogens with one attached hydrogen (secondary N) is 1. The summed E-state index contributed by atoms with van der Waals surface area (Å²) in [4.78, 5) is 1.24. The predicted octanol–water partition coefficient (Wildman–Crippen LogP) is 3.87. The average Bonchev–Trinajstić information content (AvgIpc) is 2.86. The van der Waals surface area contributed by atoms with Crippen LogP contribution in [-0.2, 0) is 0 Å². The normalized spacial score (nSPS) is 18.9. The lowest BCUT2D eigenvalue weighted by atomic mass is 9.89. The summed E-state index contributed by atoms with van der Waals surface area (Å²) >= 11 is 7.59. The highest BCUT2D eigenvalue weighted by atomic mass is 35.5. The second-order valence-electron chi connectivity index (χ2n) is 4.77. The molecule has 0 fully saturated rings. The van der Waals surface area contributed by atoms with Gasteiger partial charge in [0.1, 0.15) is 5.82 Å². The van der Waals surface area contributed by atoms with E-state index in [-0.39, 0.29) is 17.8 Å². The summed E-state index contributed by atoms with van der Waals surface area (Å²) in [5, 5.41) is 0.392. The molecule has 1 heterocycles. The Morgan fingerprint density at radius 1 is 1.30 bits per heavy atom. The van der Waals surface area contributed by atoms with Gasteiger partial charge in [-0.25, -0.2) is 4.39 Å². The van der Waals surface area contributed by atoms with Crippen LogP contribution in [0.2, 0.25) is 5.02 Å². The quantitative estimate of drug-likeness (QED) is 0.667. The van der Waals surface area contributed by atoms with Crippen molar-refractivity contribution in [1.82, 2.24) is 5.43 Å². The second-order valence-corrected chi connectivity index (χ2v) is 6.26. The highest BCUT2D eigenvalue weighted by Crippen LogP contribution is 2.45. The minimum Gasteiger partial charge on any atom is -0.271 e. The van der Waals surface area contributed by atoms with Crippen molar-refractivity contribution in [3.05, 3.63) is 64.4 Å². The molecule has 0 radical (unpaired) electrons. The molecule has 1 aliphatic rings. The lowest BCUT2D eigenvalue weighted by Gasteiger charge is -2.24. The van der Waals surface area contributed by atoms with Gasteiger partial charge in [0.05, 0.1) is 6.04 Å². The van der Waals surface area contributed by atoms with Crippen molar-refractivity contribution in [2.24, 2.45) is 5.84 Å². The minimum atomic E-state index is -0.324. The number of hydrogen-bond acceptors (Lipinski definition) is 3. The van der Waals surface area contributed by atoms with E-state index in [4.69, 9.17) is 17.4 Å². The van der Waals surface area contributed by atoms with Gasteiger partial charge in [-0.15, -0.1) is 11.8 Å². The van der Waals surface area contributed by atoms with Crippen molar-refractivity contribution in [1.29, 1.82) is 0 Å². The number of hydrazine groups is 1. The van der Waals surface area contributed by atoms with E-state index in [1.54, 1.807) is 23.9 Å². The fraction of sp³-hybridized carbons (Fsp3) is 0.200. The van der Waals surface area contributed by atoms with Gasteiger partial charge in [0.15, 0.2) is 0 Å². The van der Waals surface area contributed by atoms with Crippen molar-refractivity contribution < 1.29 is 4.39 Å². The zero-order valence-corrected chi connectivity index (χ0v) is 12.2. The van der Waals surface area contributed by atoms with Crippen LogP contribution < -0.4 is 11.3 Å². The van der Waals surface area contributed by atoms with E-state index >= 15 is 0 Å². The zero-order chi connectivity index (χ0) is 14.1. The molecule has 3 rings (SSSR count). The van der Waals surface area contributed by atoms with Crippen molar-refractivity contribution >= 4 is 23.4 Å².